The zero-order valence-electron chi connectivity index (χ0n) is 22.0. The molecule has 1 atom stereocenters. The lowest BCUT2D eigenvalue weighted by molar-refractivity contribution is 0.470. The highest BCUT2D eigenvalue weighted by Gasteiger charge is 2.33. The zero-order chi connectivity index (χ0) is 28.1. The zero-order valence-corrected chi connectivity index (χ0v) is 23.6. The molecule has 0 aliphatic carbocycles. The number of nitrogens with zero attached hydrogens (tertiary/aromatic N) is 5. The Kier molecular flexibility index (Phi) is 8.27. The van der Waals surface area contributed by atoms with Crippen LogP contribution in [0.25, 0.3) is 0 Å². The molecular formula is C29H30ClN7O2S. The van der Waals surface area contributed by atoms with Gasteiger partial charge in [-0.3, -0.25) is 4.99 Å². The van der Waals surface area contributed by atoms with Crippen LogP contribution in [0.15, 0.2) is 103 Å². The lowest BCUT2D eigenvalue weighted by Crippen LogP contribution is -2.39. The molecule has 0 fully saturated rings. The van der Waals surface area contributed by atoms with Gasteiger partial charge < -0.3 is 11.1 Å². The Hall–Kier alpha value is -4.02. The van der Waals surface area contributed by atoms with Gasteiger partial charge in [-0.05, 0) is 55.2 Å². The molecule has 11 heteroatoms. The van der Waals surface area contributed by atoms with Crippen molar-refractivity contribution in [3.8, 4) is 0 Å². The van der Waals surface area contributed by atoms with Gasteiger partial charge in [0.05, 0.1) is 17.2 Å². The standard InChI is InChI=1S/C29H30ClN7O2S/c1-20-10-16-24(17-11-20)40(38,39)36-29(34-28(31)33-26-9-5-6-18-32-26)37-19-25(21-7-3-2-4-8-21)27(35-37)22-12-14-23(30)15-13-22/h2-4,7-8,10-17,25H,5-6,9,18-19H2,1H3,(H3,31,32,33,34,36)/t25-/m1/s1. The molecule has 40 heavy (non-hydrogen) atoms. The molecule has 5 rings (SSSR count). The number of halogens is 1. The van der Waals surface area contributed by atoms with E-state index in [-0.39, 0.29) is 22.7 Å². The molecule has 0 saturated carbocycles. The molecule has 2 heterocycles. The maximum atomic E-state index is 13.4. The molecule has 2 aliphatic rings. The molecule has 0 radical (unpaired) electrons. The number of aryl methyl sites for hydroxylation is 1. The number of aliphatic imine (C=N–C) groups is 2. The Labute approximate surface area is 239 Å². The SMILES string of the molecule is Cc1ccc(S(=O)(=O)N=C(N=C(N)NC2=NCCCC2)N2C[C@H](c3ccccc3)C(c3ccc(Cl)cc3)=N2)cc1. The molecule has 0 saturated heterocycles. The van der Waals surface area contributed by atoms with Crippen LogP contribution in [0.2, 0.25) is 5.02 Å². The molecule has 9 nitrogen and oxygen atoms in total. The molecule has 3 aromatic rings. The summed E-state index contributed by atoms with van der Waals surface area (Å²) in [5.41, 5.74) is 9.80. The van der Waals surface area contributed by atoms with Crippen molar-refractivity contribution in [2.75, 3.05) is 13.1 Å². The fourth-order valence-corrected chi connectivity index (χ4v) is 5.59. The van der Waals surface area contributed by atoms with E-state index in [0.717, 1.165) is 41.7 Å². The molecule has 3 aromatic carbocycles. The Morgan fingerprint density at radius 3 is 2.42 bits per heavy atom. The third-order valence-corrected chi connectivity index (χ3v) is 8.15. The number of hydrazone groups is 1. The number of nitrogens with one attached hydrogen (secondary N) is 1. The van der Waals surface area contributed by atoms with E-state index in [1.165, 1.54) is 17.1 Å². The molecule has 0 spiro atoms. The summed E-state index contributed by atoms with van der Waals surface area (Å²) >= 11 is 6.14. The number of rotatable bonds is 4. The first-order valence-corrected chi connectivity index (χ1v) is 14.8. The second-order valence-corrected chi connectivity index (χ2v) is 11.7. The van der Waals surface area contributed by atoms with E-state index in [2.05, 4.69) is 19.7 Å². The van der Waals surface area contributed by atoms with Gasteiger partial charge in [-0.1, -0.05) is 71.8 Å². The van der Waals surface area contributed by atoms with Gasteiger partial charge in [0.25, 0.3) is 16.0 Å². The largest absolute Gasteiger partial charge is 0.369 e. The number of amidine groups is 1. The monoisotopic (exact) mass is 575 g/mol. The highest BCUT2D eigenvalue weighted by atomic mass is 35.5. The van der Waals surface area contributed by atoms with Crippen molar-refractivity contribution in [2.45, 2.75) is 37.0 Å². The third-order valence-electron chi connectivity index (χ3n) is 6.62. The van der Waals surface area contributed by atoms with Gasteiger partial charge in [-0.15, -0.1) is 4.40 Å². The van der Waals surface area contributed by atoms with E-state index in [9.17, 15) is 8.42 Å². The summed E-state index contributed by atoms with van der Waals surface area (Å²) in [5.74, 6) is 0.376. The van der Waals surface area contributed by atoms with Crippen LogP contribution in [-0.2, 0) is 10.0 Å². The summed E-state index contributed by atoms with van der Waals surface area (Å²) in [6, 6.07) is 23.8. The Bertz CT molecular complexity index is 1580. The van der Waals surface area contributed by atoms with Crippen molar-refractivity contribution in [1.29, 1.82) is 0 Å². The van der Waals surface area contributed by atoms with Crippen LogP contribution in [0, 0.1) is 6.92 Å². The fourth-order valence-electron chi connectivity index (χ4n) is 4.53. The molecule has 206 valence electrons. The Morgan fingerprint density at radius 2 is 1.75 bits per heavy atom. The van der Waals surface area contributed by atoms with E-state index >= 15 is 0 Å². The van der Waals surface area contributed by atoms with Crippen molar-refractivity contribution < 1.29 is 8.42 Å². The second-order valence-electron chi connectivity index (χ2n) is 9.62. The van der Waals surface area contributed by atoms with E-state index in [1.807, 2.05) is 49.4 Å². The van der Waals surface area contributed by atoms with Crippen molar-refractivity contribution in [3.05, 3.63) is 101 Å². The van der Waals surface area contributed by atoms with Crippen LogP contribution in [0.1, 0.15) is 41.9 Å². The molecule has 0 unspecified atom stereocenters. The lowest BCUT2D eigenvalue weighted by atomic mass is 9.91. The smallest absolute Gasteiger partial charge is 0.285 e. The predicted molar refractivity (Wildman–Crippen MR) is 161 cm³/mol. The number of hydrogen-bond acceptors (Lipinski definition) is 4. The van der Waals surface area contributed by atoms with Gasteiger partial charge in [-0.2, -0.15) is 18.5 Å². The third kappa shape index (κ3) is 6.57. The molecule has 0 amide bonds. The van der Waals surface area contributed by atoms with Crippen LogP contribution < -0.4 is 11.1 Å². The van der Waals surface area contributed by atoms with Gasteiger partial charge >= 0.3 is 0 Å². The van der Waals surface area contributed by atoms with Crippen molar-refractivity contribution in [3.63, 3.8) is 0 Å². The molecule has 3 N–H and O–H groups in total. The summed E-state index contributed by atoms with van der Waals surface area (Å²) in [5, 5.41) is 9.94. The van der Waals surface area contributed by atoms with Crippen LogP contribution in [0.3, 0.4) is 0 Å². The predicted octanol–water partition coefficient (Wildman–Crippen LogP) is 4.68. The first kappa shape index (κ1) is 27.5. The number of benzene rings is 3. The second kappa shape index (κ2) is 12.0. The van der Waals surface area contributed by atoms with E-state index in [0.29, 0.717) is 23.9 Å². The van der Waals surface area contributed by atoms with Gasteiger partial charge in [0, 0.05) is 23.9 Å². The van der Waals surface area contributed by atoms with Crippen molar-refractivity contribution in [1.82, 2.24) is 10.3 Å². The van der Waals surface area contributed by atoms with Crippen molar-refractivity contribution >= 4 is 45.1 Å². The van der Waals surface area contributed by atoms with Crippen LogP contribution in [0.4, 0.5) is 0 Å². The van der Waals surface area contributed by atoms with E-state index < -0.39 is 10.0 Å². The van der Waals surface area contributed by atoms with Gasteiger partial charge in [0.1, 0.15) is 5.84 Å². The topological polar surface area (TPSA) is 125 Å². The first-order chi connectivity index (χ1) is 19.3. The highest BCUT2D eigenvalue weighted by molar-refractivity contribution is 7.90. The molecule has 0 bridgehead atoms. The normalized spacial score (nSPS) is 18.4. The maximum absolute atomic E-state index is 13.4. The molecular weight excluding hydrogens is 546 g/mol. The van der Waals surface area contributed by atoms with Crippen LogP contribution >= 0.6 is 11.6 Å². The van der Waals surface area contributed by atoms with E-state index in [1.54, 1.807) is 24.3 Å². The maximum Gasteiger partial charge on any atom is 0.285 e. The quantitative estimate of drug-likeness (QED) is 0.345. The first-order valence-electron chi connectivity index (χ1n) is 13.0. The summed E-state index contributed by atoms with van der Waals surface area (Å²) in [6.45, 7) is 2.90. The Balaban J connectivity index is 1.58. The highest BCUT2D eigenvalue weighted by Crippen LogP contribution is 2.30. The summed E-state index contributed by atoms with van der Waals surface area (Å²) in [7, 11) is -4.12. The average molecular weight is 576 g/mol. The number of guanidine groups is 2. The summed E-state index contributed by atoms with van der Waals surface area (Å²) < 4.78 is 30.9. The number of hydrogen-bond donors (Lipinski definition) is 2. The Morgan fingerprint density at radius 1 is 1.02 bits per heavy atom. The molecule has 2 aliphatic heterocycles. The van der Waals surface area contributed by atoms with Gasteiger partial charge in [0.2, 0.25) is 5.96 Å². The summed E-state index contributed by atoms with van der Waals surface area (Å²) in [6.07, 6.45) is 2.74. The van der Waals surface area contributed by atoms with Crippen LogP contribution in [-0.4, -0.2) is 50.0 Å². The fraction of sp³-hybridized carbons (Fsp3) is 0.241. The number of sulfonamides is 1. The lowest BCUT2D eigenvalue weighted by Gasteiger charge is -2.17. The minimum atomic E-state index is -4.12. The molecule has 0 aromatic heterocycles. The van der Waals surface area contributed by atoms with Crippen molar-refractivity contribution in [2.24, 2.45) is 25.2 Å². The number of nitrogens with two attached hydrogens (primary N) is 1. The van der Waals surface area contributed by atoms with Crippen LogP contribution in [0.5, 0.6) is 0 Å². The van der Waals surface area contributed by atoms with Gasteiger partial charge in [-0.25, -0.2) is 5.01 Å². The minimum Gasteiger partial charge on any atom is -0.369 e. The average Bonchev–Trinajstić information content (AvgIpc) is 3.40. The van der Waals surface area contributed by atoms with E-state index in [4.69, 9.17) is 22.4 Å². The summed E-state index contributed by atoms with van der Waals surface area (Å²) in [4.78, 5) is 8.92. The van der Waals surface area contributed by atoms with Gasteiger partial charge in [0.15, 0.2) is 0 Å². The minimum absolute atomic E-state index is 0.00934.